The summed E-state index contributed by atoms with van der Waals surface area (Å²) >= 11 is 11.7. The standard InChI is InChI=1S/C17H21Cl2N5O3S/c1-12-22-16(11-17(23-12)24-6-8-27-9-7-24)20-4-5-21-28(25,26)13-2-3-14(18)15(19)10-13/h2-3,10-11,21H,4-9H2,1H3,(H,20,22,23). The summed E-state index contributed by atoms with van der Waals surface area (Å²) in [5.74, 6) is 2.11. The molecule has 0 atom stereocenters. The molecule has 1 saturated heterocycles. The Labute approximate surface area is 174 Å². The van der Waals surface area contributed by atoms with Crippen molar-refractivity contribution < 1.29 is 13.2 Å². The number of hydrogen-bond acceptors (Lipinski definition) is 7. The molecular formula is C17H21Cl2N5O3S. The van der Waals surface area contributed by atoms with Crippen LogP contribution in [-0.2, 0) is 14.8 Å². The minimum Gasteiger partial charge on any atom is -0.378 e. The van der Waals surface area contributed by atoms with Gasteiger partial charge in [0.05, 0.1) is 28.2 Å². The van der Waals surface area contributed by atoms with Gasteiger partial charge in [-0.05, 0) is 25.1 Å². The Kier molecular flexibility index (Phi) is 6.95. The number of ether oxygens (including phenoxy) is 1. The average Bonchev–Trinajstić information content (AvgIpc) is 2.67. The number of morpholine rings is 1. The molecule has 1 aliphatic heterocycles. The Balaban J connectivity index is 1.57. The number of sulfonamides is 1. The first-order chi connectivity index (χ1) is 13.3. The van der Waals surface area contributed by atoms with Crippen molar-refractivity contribution in [3.05, 3.63) is 40.1 Å². The number of aromatic nitrogens is 2. The molecule has 0 saturated carbocycles. The maximum Gasteiger partial charge on any atom is 0.240 e. The minimum atomic E-state index is -3.68. The predicted octanol–water partition coefficient (Wildman–Crippen LogP) is 2.32. The van der Waals surface area contributed by atoms with Crippen LogP contribution in [0.2, 0.25) is 10.0 Å². The molecule has 1 aromatic heterocycles. The smallest absolute Gasteiger partial charge is 0.240 e. The topological polar surface area (TPSA) is 96.5 Å². The fourth-order valence-electron chi connectivity index (χ4n) is 2.70. The zero-order valence-corrected chi connectivity index (χ0v) is 17.6. The Hall–Kier alpha value is -1.65. The van der Waals surface area contributed by atoms with Crippen LogP contribution in [0.3, 0.4) is 0 Å². The van der Waals surface area contributed by atoms with Gasteiger partial charge < -0.3 is 15.0 Å². The van der Waals surface area contributed by atoms with Gasteiger partial charge in [0.2, 0.25) is 10.0 Å². The molecule has 3 rings (SSSR count). The normalized spacial score (nSPS) is 14.9. The molecule has 0 unspecified atom stereocenters. The number of nitrogens with one attached hydrogen (secondary N) is 2. The minimum absolute atomic E-state index is 0.0642. The van der Waals surface area contributed by atoms with Gasteiger partial charge in [0, 0.05) is 32.2 Å². The molecule has 1 fully saturated rings. The summed E-state index contributed by atoms with van der Waals surface area (Å²) in [6.45, 7) is 5.25. The largest absolute Gasteiger partial charge is 0.378 e. The van der Waals surface area contributed by atoms with E-state index in [0.29, 0.717) is 36.4 Å². The van der Waals surface area contributed by atoms with E-state index in [2.05, 4.69) is 24.9 Å². The van der Waals surface area contributed by atoms with Gasteiger partial charge in [0.1, 0.15) is 17.5 Å². The van der Waals surface area contributed by atoms with E-state index in [9.17, 15) is 8.42 Å². The van der Waals surface area contributed by atoms with E-state index >= 15 is 0 Å². The maximum absolute atomic E-state index is 12.3. The molecule has 0 amide bonds. The number of hydrogen-bond donors (Lipinski definition) is 2. The third kappa shape index (κ3) is 5.45. The summed E-state index contributed by atoms with van der Waals surface area (Å²) in [7, 11) is -3.68. The first-order valence-electron chi connectivity index (χ1n) is 8.72. The monoisotopic (exact) mass is 445 g/mol. The molecular weight excluding hydrogens is 425 g/mol. The molecule has 1 aliphatic rings. The van der Waals surface area contributed by atoms with Crippen LogP contribution < -0.4 is 14.9 Å². The fourth-order valence-corrected chi connectivity index (χ4v) is 4.12. The van der Waals surface area contributed by atoms with E-state index < -0.39 is 10.0 Å². The molecule has 28 heavy (non-hydrogen) atoms. The first-order valence-corrected chi connectivity index (χ1v) is 11.0. The van der Waals surface area contributed by atoms with Crippen molar-refractivity contribution in [2.75, 3.05) is 49.6 Å². The molecule has 0 aliphatic carbocycles. The van der Waals surface area contributed by atoms with E-state index in [1.165, 1.54) is 18.2 Å². The van der Waals surface area contributed by atoms with Gasteiger partial charge in [0.15, 0.2) is 0 Å². The van der Waals surface area contributed by atoms with Crippen LogP contribution in [0.5, 0.6) is 0 Å². The Morgan fingerprint density at radius 1 is 1.11 bits per heavy atom. The Morgan fingerprint density at radius 2 is 1.86 bits per heavy atom. The van der Waals surface area contributed by atoms with E-state index in [4.69, 9.17) is 27.9 Å². The predicted molar refractivity (Wildman–Crippen MR) is 110 cm³/mol. The number of benzene rings is 1. The van der Waals surface area contributed by atoms with Crippen LogP contribution in [0.1, 0.15) is 5.82 Å². The van der Waals surface area contributed by atoms with E-state index in [1.54, 1.807) is 0 Å². The molecule has 8 nitrogen and oxygen atoms in total. The molecule has 2 heterocycles. The molecule has 2 N–H and O–H groups in total. The average molecular weight is 446 g/mol. The van der Waals surface area contributed by atoms with Crippen LogP contribution in [0.25, 0.3) is 0 Å². The lowest BCUT2D eigenvalue weighted by Crippen LogP contribution is -2.37. The van der Waals surface area contributed by atoms with Crippen molar-refractivity contribution in [3.8, 4) is 0 Å². The van der Waals surface area contributed by atoms with Crippen molar-refractivity contribution in [2.45, 2.75) is 11.8 Å². The van der Waals surface area contributed by atoms with Crippen molar-refractivity contribution in [1.29, 1.82) is 0 Å². The summed E-state index contributed by atoms with van der Waals surface area (Å²) < 4.78 is 32.6. The second kappa shape index (κ2) is 9.23. The summed E-state index contributed by atoms with van der Waals surface area (Å²) in [6.07, 6.45) is 0. The van der Waals surface area contributed by atoms with E-state index in [0.717, 1.165) is 18.9 Å². The van der Waals surface area contributed by atoms with Gasteiger partial charge >= 0.3 is 0 Å². The van der Waals surface area contributed by atoms with Crippen molar-refractivity contribution >= 4 is 44.9 Å². The molecule has 11 heteroatoms. The second-order valence-corrected chi connectivity index (χ2v) is 8.74. The zero-order valence-electron chi connectivity index (χ0n) is 15.3. The van der Waals surface area contributed by atoms with Crippen LogP contribution in [-0.4, -0.2) is 57.8 Å². The lowest BCUT2D eigenvalue weighted by molar-refractivity contribution is 0.122. The lowest BCUT2D eigenvalue weighted by atomic mass is 10.4. The van der Waals surface area contributed by atoms with Gasteiger partial charge in [-0.15, -0.1) is 0 Å². The third-order valence-electron chi connectivity index (χ3n) is 4.08. The van der Waals surface area contributed by atoms with Gasteiger partial charge in [-0.2, -0.15) is 0 Å². The SMILES string of the molecule is Cc1nc(NCCNS(=O)(=O)c2ccc(Cl)c(Cl)c2)cc(N2CCOCC2)n1. The van der Waals surface area contributed by atoms with Crippen molar-refractivity contribution in [2.24, 2.45) is 0 Å². The molecule has 152 valence electrons. The summed E-state index contributed by atoms with van der Waals surface area (Å²) in [4.78, 5) is 11.0. The van der Waals surface area contributed by atoms with Crippen molar-refractivity contribution in [1.82, 2.24) is 14.7 Å². The second-order valence-electron chi connectivity index (χ2n) is 6.16. The highest BCUT2D eigenvalue weighted by Crippen LogP contribution is 2.24. The van der Waals surface area contributed by atoms with Gasteiger partial charge in [-0.1, -0.05) is 23.2 Å². The number of halogens is 2. The van der Waals surface area contributed by atoms with Gasteiger partial charge in [0.25, 0.3) is 0 Å². The van der Waals surface area contributed by atoms with E-state index in [1.807, 2.05) is 13.0 Å². The number of anilines is 2. The number of nitrogens with zero attached hydrogens (tertiary/aromatic N) is 3. The summed E-state index contributed by atoms with van der Waals surface area (Å²) in [5.41, 5.74) is 0. The summed E-state index contributed by atoms with van der Waals surface area (Å²) in [6, 6.07) is 6.04. The van der Waals surface area contributed by atoms with Crippen LogP contribution in [0, 0.1) is 6.92 Å². The van der Waals surface area contributed by atoms with Crippen LogP contribution >= 0.6 is 23.2 Å². The molecule has 0 spiro atoms. The molecule has 0 radical (unpaired) electrons. The van der Waals surface area contributed by atoms with Crippen LogP contribution in [0.15, 0.2) is 29.2 Å². The van der Waals surface area contributed by atoms with Crippen molar-refractivity contribution in [3.63, 3.8) is 0 Å². The highest BCUT2D eigenvalue weighted by molar-refractivity contribution is 7.89. The molecule has 1 aromatic carbocycles. The highest BCUT2D eigenvalue weighted by Gasteiger charge is 2.16. The zero-order chi connectivity index (χ0) is 20.1. The fraction of sp³-hybridized carbons (Fsp3) is 0.412. The number of rotatable bonds is 7. The quantitative estimate of drug-likeness (QED) is 0.631. The first kappa shape index (κ1) is 21.1. The number of aryl methyl sites for hydroxylation is 1. The van der Waals surface area contributed by atoms with E-state index in [-0.39, 0.29) is 16.5 Å². The van der Waals surface area contributed by atoms with Gasteiger partial charge in [-0.25, -0.2) is 23.1 Å². The lowest BCUT2D eigenvalue weighted by Gasteiger charge is -2.28. The third-order valence-corrected chi connectivity index (χ3v) is 6.28. The summed E-state index contributed by atoms with van der Waals surface area (Å²) in [5, 5.41) is 3.62. The Bertz CT molecular complexity index is 936. The maximum atomic E-state index is 12.3. The molecule has 0 bridgehead atoms. The van der Waals surface area contributed by atoms with Crippen LogP contribution in [0.4, 0.5) is 11.6 Å². The molecule has 2 aromatic rings. The Morgan fingerprint density at radius 3 is 2.57 bits per heavy atom. The highest BCUT2D eigenvalue weighted by atomic mass is 35.5. The van der Waals surface area contributed by atoms with Gasteiger partial charge in [-0.3, -0.25) is 0 Å².